The minimum Gasteiger partial charge on any atom is -0.475 e. The van der Waals surface area contributed by atoms with E-state index in [9.17, 15) is 0 Å². The molecule has 0 unspecified atom stereocenters. The van der Waals surface area contributed by atoms with Crippen LogP contribution in [0, 0.1) is 0 Å². The highest BCUT2D eigenvalue weighted by Gasteiger charge is 2.06. The van der Waals surface area contributed by atoms with E-state index >= 15 is 0 Å². The van der Waals surface area contributed by atoms with E-state index in [0.29, 0.717) is 25.6 Å². The molecular formula is C17H31IN4O3. The van der Waals surface area contributed by atoms with Gasteiger partial charge in [-0.2, -0.15) is 0 Å². The van der Waals surface area contributed by atoms with E-state index < -0.39 is 0 Å². The third kappa shape index (κ3) is 11.2. The molecule has 0 atom stereocenters. The lowest BCUT2D eigenvalue weighted by atomic mass is 10.2. The lowest BCUT2D eigenvalue weighted by Crippen LogP contribution is -2.37. The summed E-state index contributed by atoms with van der Waals surface area (Å²) in [6, 6.07) is 3.88. The van der Waals surface area contributed by atoms with Crippen molar-refractivity contribution in [3.05, 3.63) is 23.9 Å². The van der Waals surface area contributed by atoms with E-state index in [1.807, 2.05) is 19.1 Å². The number of ether oxygens (including phenoxy) is 3. The van der Waals surface area contributed by atoms with Crippen LogP contribution in [-0.4, -0.2) is 58.1 Å². The fourth-order valence-corrected chi connectivity index (χ4v) is 1.99. The van der Waals surface area contributed by atoms with Crippen LogP contribution in [0.2, 0.25) is 0 Å². The maximum absolute atomic E-state index is 5.63. The molecule has 0 saturated carbocycles. The Morgan fingerprint density at radius 2 is 2.04 bits per heavy atom. The van der Waals surface area contributed by atoms with Crippen molar-refractivity contribution in [1.82, 2.24) is 15.6 Å². The molecule has 0 amide bonds. The Morgan fingerprint density at radius 3 is 2.76 bits per heavy atom. The average molecular weight is 466 g/mol. The van der Waals surface area contributed by atoms with Crippen molar-refractivity contribution in [2.75, 3.05) is 47.1 Å². The largest absolute Gasteiger partial charge is 0.475 e. The number of guanidine groups is 1. The van der Waals surface area contributed by atoms with Gasteiger partial charge in [0.15, 0.2) is 5.96 Å². The first kappa shape index (κ1) is 23.9. The fraction of sp³-hybridized carbons (Fsp3) is 0.647. The lowest BCUT2D eigenvalue weighted by Gasteiger charge is -2.14. The first-order chi connectivity index (χ1) is 11.8. The summed E-state index contributed by atoms with van der Waals surface area (Å²) in [4.78, 5) is 8.49. The molecule has 0 radical (unpaired) electrons. The quantitative estimate of drug-likeness (QED) is 0.213. The van der Waals surface area contributed by atoms with Crippen LogP contribution in [-0.2, 0) is 16.0 Å². The van der Waals surface area contributed by atoms with Crippen molar-refractivity contribution in [2.24, 2.45) is 4.99 Å². The van der Waals surface area contributed by atoms with Crippen LogP contribution in [0.1, 0.15) is 25.3 Å². The highest BCUT2D eigenvalue weighted by molar-refractivity contribution is 14.0. The Hall–Kier alpha value is -1.13. The molecule has 1 aromatic rings. The molecule has 2 N–H and O–H groups in total. The Labute approximate surface area is 168 Å². The maximum Gasteiger partial charge on any atom is 0.218 e. The number of halogens is 1. The average Bonchev–Trinajstić information content (AvgIpc) is 2.61. The van der Waals surface area contributed by atoms with E-state index in [1.54, 1.807) is 20.4 Å². The molecule has 1 heterocycles. The Kier molecular flexibility index (Phi) is 15.6. The standard InChI is InChI=1S/C17H30N4O3.HI/c1-4-23-11-6-5-9-20-17(18-2)21-14-15-8-7-10-19-16(15)24-13-12-22-3;/h7-8,10H,4-6,9,11-14H2,1-3H3,(H2,18,20,21);1H. The molecule has 7 nitrogen and oxygen atoms in total. The number of methoxy groups -OCH3 is 1. The molecule has 1 aromatic heterocycles. The molecular weight excluding hydrogens is 435 g/mol. The number of nitrogens with zero attached hydrogens (tertiary/aromatic N) is 2. The number of rotatable bonds is 12. The molecule has 0 saturated heterocycles. The van der Waals surface area contributed by atoms with Crippen LogP contribution >= 0.6 is 24.0 Å². The normalized spacial score (nSPS) is 10.9. The van der Waals surface area contributed by atoms with Gasteiger partial charge in [-0.25, -0.2) is 4.98 Å². The summed E-state index contributed by atoms with van der Waals surface area (Å²) in [6.45, 7) is 6.06. The van der Waals surface area contributed by atoms with Gasteiger partial charge in [0.25, 0.3) is 0 Å². The summed E-state index contributed by atoms with van der Waals surface area (Å²) in [6.07, 6.45) is 3.80. The zero-order valence-electron chi connectivity index (χ0n) is 15.4. The highest BCUT2D eigenvalue weighted by atomic mass is 127. The molecule has 25 heavy (non-hydrogen) atoms. The van der Waals surface area contributed by atoms with Crippen molar-refractivity contribution >= 4 is 29.9 Å². The van der Waals surface area contributed by atoms with Crippen LogP contribution in [0.5, 0.6) is 5.88 Å². The second kappa shape index (κ2) is 16.3. The first-order valence-corrected chi connectivity index (χ1v) is 8.39. The minimum atomic E-state index is 0. The summed E-state index contributed by atoms with van der Waals surface area (Å²) in [7, 11) is 3.41. The van der Waals surface area contributed by atoms with Gasteiger partial charge in [-0.1, -0.05) is 6.07 Å². The van der Waals surface area contributed by atoms with E-state index in [0.717, 1.165) is 44.1 Å². The highest BCUT2D eigenvalue weighted by Crippen LogP contribution is 2.13. The van der Waals surface area contributed by atoms with Gasteiger partial charge in [-0.05, 0) is 25.8 Å². The van der Waals surface area contributed by atoms with Crippen LogP contribution in [0.3, 0.4) is 0 Å². The van der Waals surface area contributed by atoms with Gasteiger partial charge < -0.3 is 24.8 Å². The lowest BCUT2D eigenvalue weighted by molar-refractivity contribution is 0.143. The van der Waals surface area contributed by atoms with E-state index in [4.69, 9.17) is 14.2 Å². The summed E-state index contributed by atoms with van der Waals surface area (Å²) >= 11 is 0. The molecule has 0 bridgehead atoms. The van der Waals surface area contributed by atoms with Gasteiger partial charge in [0, 0.05) is 52.2 Å². The minimum absolute atomic E-state index is 0. The Bertz CT molecular complexity index is 475. The topological polar surface area (TPSA) is 77.0 Å². The summed E-state index contributed by atoms with van der Waals surface area (Å²) < 4.78 is 15.9. The zero-order valence-corrected chi connectivity index (χ0v) is 17.7. The predicted molar refractivity (Wildman–Crippen MR) is 111 cm³/mol. The van der Waals surface area contributed by atoms with Crippen LogP contribution < -0.4 is 15.4 Å². The molecule has 1 rings (SSSR count). The molecule has 0 aromatic carbocycles. The number of hydrogen-bond acceptors (Lipinski definition) is 5. The number of nitrogens with one attached hydrogen (secondary N) is 2. The molecule has 8 heteroatoms. The van der Waals surface area contributed by atoms with Crippen LogP contribution in [0.4, 0.5) is 0 Å². The van der Waals surface area contributed by atoms with Crippen molar-refractivity contribution in [1.29, 1.82) is 0 Å². The number of aliphatic imine (C=N–C) groups is 1. The number of hydrogen-bond donors (Lipinski definition) is 2. The van der Waals surface area contributed by atoms with Crippen molar-refractivity contribution < 1.29 is 14.2 Å². The summed E-state index contributed by atoms with van der Waals surface area (Å²) in [5.41, 5.74) is 0.980. The van der Waals surface area contributed by atoms with Gasteiger partial charge in [0.2, 0.25) is 5.88 Å². The number of pyridine rings is 1. The third-order valence-electron chi connectivity index (χ3n) is 3.26. The Balaban J connectivity index is 0.00000576. The van der Waals surface area contributed by atoms with Crippen molar-refractivity contribution in [3.63, 3.8) is 0 Å². The van der Waals surface area contributed by atoms with Gasteiger partial charge >= 0.3 is 0 Å². The summed E-state index contributed by atoms with van der Waals surface area (Å²) in [5, 5.41) is 6.57. The molecule has 0 fully saturated rings. The SMILES string of the molecule is CCOCCCCNC(=NC)NCc1cccnc1OCCOC.I. The zero-order chi connectivity index (χ0) is 17.5. The fourth-order valence-electron chi connectivity index (χ4n) is 1.99. The first-order valence-electron chi connectivity index (χ1n) is 8.39. The number of aromatic nitrogens is 1. The second-order valence-corrected chi connectivity index (χ2v) is 5.07. The van der Waals surface area contributed by atoms with Crippen LogP contribution in [0.25, 0.3) is 0 Å². The summed E-state index contributed by atoms with van der Waals surface area (Å²) in [5.74, 6) is 1.38. The monoisotopic (exact) mass is 466 g/mol. The molecule has 0 aliphatic rings. The van der Waals surface area contributed by atoms with Gasteiger partial charge in [-0.15, -0.1) is 24.0 Å². The van der Waals surface area contributed by atoms with Gasteiger partial charge in [-0.3, -0.25) is 4.99 Å². The van der Waals surface area contributed by atoms with E-state index in [2.05, 4.69) is 20.6 Å². The van der Waals surface area contributed by atoms with Crippen LogP contribution in [0.15, 0.2) is 23.3 Å². The smallest absolute Gasteiger partial charge is 0.218 e. The van der Waals surface area contributed by atoms with Crippen molar-refractivity contribution in [3.8, 4) is 5.88 Å². The second-order valence-electron chi connectivity index (χ2n) is 5.07. The van der Waals surface area contributed by atoms with E-state index in [-0.39, 0.29) is 24.0 Å². The molecule has 0 spiro atoms. The third-order valence-corrected chi connectivity index (χ3v) is 3.26. The number of unbranched alkanes of at least 4 members (excludes halogenated alkanes) is 1. The Morgan fingerprint density at radius 1 is 1.20 bits per heavy atom. The maximum atomic E-state index is 5.63. The molecule has 144 valence electrons. The molecule has 0 aliphatic carbocycles. The molecule has 0 aliphatic heterocycles. The van der Waals surface area contributed by atoms with Gasteiger partial charge in [0.1, 0.15) is 6.61 Å². The van der Waals surface area contributed by atoms with Crippen molar-refractivity contribution in [2.45, 2.75) is 26.3 Å². The van der Waals surface area contributed by atoms with E-state index in [1.165, 1.54) is 0 Å². The predicted octanol–water partition coefficient (Wildman–Crippen LogP) is 2.21. The van der Waals surface area contributed by atoms with Gasteiger partial charge in [0.05, 0.1) is 6.61 Å².